The number of para-hydroxylation sites is 2. The van der Waals surface area contributed by atoms with E-state index in [1.54, 1.807) is 60.4 Å². The van der Waals surface area contributed by atoms with Crippen LogP contribution in [0.3, 0.4) is 0 Å². The van der Waals surface area contributed by atoms with Gasteiger partial charge >= 0.3 is 0 Å². The molecule has 1 saturated heterocycles. The Morgan fingerprint density at radius 2 is 1.67 bits per heavy atom. The number of rotatable bonds is 11. The Balaban J connectivity index is 1.46. The van der Waals surface area contributed by atoms with Crippen LogP contribution in [-0.4, -0.2) is 74.3 Å². The normalized spacial score (nSPS) is 16.8. The van der Waals surface area contributed by atoms with Crippen LogP contribution in [0, 0.1) is 0 Å². The van der Waals surface area contributed by atoms with Crippen LogP contribution in [-0.2, 0) is 20.9 Å². The van der Waals surface area contributed by atoms with Crippen molar-refractivity contribution < 1.29 is 28.5 Å². The molecule has 3 aromatic carbocycles. The van der Waals surface area contributed by atoms with Crippen LogP contribution in [0.15, 0.2) is 78.9 Å². The molecular weight excluding hydrogens is 520 g/mol. The number of halogens is 1. The SMILES string of the molecule is COc1ccccc1OCC(=O)N1CCOC(COc2ccc(Cl)cc2)(CC(=O)N(C)Cc2ccccc2)C1. The molecule has 4 rings (SSSR count). The number of carbonyl (C=O) groups is 2. The van der Waals surface area contributed by atoms with Gasteiger partial charge in [-0.15, -0.1) is 0 Å². The van der Waals surface area contributed by atoms with E-state index in [-0.39, 0.29) is 44.6 Å². The molecule has 8 nitrogen and oxygen atoms in total. The van der Waals surface area contributed by atoms with Gasteiger partial charge in [-0.2, -0.15) is 0 Å². The number of benzene rings is 3. The molecule has 0 radical (unpaired) electrons. The van der Waals surface area contributed by atoms with Crippen molar-refractivity contribution in [3.63, 3.8) is 0 Å². The Hall–Kier alpha value is -3.75. The van der Waals surface area contributed by atoms with Gasteiger partial charge in [-0.25, -0.2) is 0 Å². The molecule has 1 unspecified atom stereocenters. The third-order valence-electron chi connectivity index (χ3n) is 6.50. The summed E-state index contributed by atoms with van der Waals surface area (Å²) in [6.07, 6.45) is 0.0427. The maximum Gasteiger partial charge on any atom is 0.260 e. The highest BCUT2D eigenvalue weighted by atomic mass is 35.5. The molecule has 0 N–H and O–H groups in total. The topological polar surface area (TPSA) is 77.5 Å². The first-order valence-electron chi connectivity index (χ1n) is 12.7. The van der Waals surface area contributed by atoms with Crippen LogP contribution in [0.1, 0.15) is 12.0 Å². The molecule has 0 spiro atoms. The van der Waals surface area contributed by atoms with Crippen molar-refractivity contribution in [1.82, 2.24) is 9.80 Å². The summed E-state index contributed by atoms with van der Waals surface area (Å²) in [6.45, 7) is 1.20. The van der Waals surface area contributed by atoms with E-state index in [2.05, 4.69) is 0 Å². The largest absolute Gasteiger partial charge is 0.493 e. The summed E-state index contributed by atoms with van der Waals surface area (Å²) < 4.78 is 23.3. The lowest BCUT2D eigenvalue weighted by Gasteiger charge is -2.42. The molecule has 0 saturated carbocycles. The molecule has 1 aliphatic rings. The van der Waals surface area contributed by atoms with Gasteiger partial charge in [-0.3, -0.25) is 9.59 Å². The quantitative estimate of drug-likeness (QED) is 0.350. The Morgan fingerprint density at radius 1 is 0.974 bits per heavy atom. The van der Waals surface area contributed by atoms with E-state index in [0.717, 1.165) is 5.56 Å². The van der Waals surface area contributed by atoms with Gasteiger partial charge in [0, 0.05) is 25.2 Å². The first-order valence-corrected chi connectivity index (χ1v) is 13.1. The van der Waals surface area contributed by atoms with Gasteiger partial charge in [0.15, 0.2) is 18.1 Å². The zero-order valence-electron chi connectivity index (χ0n) is 22.2. The number of amides is 2. The zero-order valence-corrected chi connectivity index (χ0v) is 22.9. The molecule has 0 bridgehead atoms. The van der Waals surface area contributed by atoms with Crippen molar-refractivity contribution in [3.05, 3.63) is 89.4 Å². The summed E-state index contributed by atoms with van der Waals surface area (Å²) in [5.74, 6) is 1.29. The number of hydrogen-bond donors (Lipinski definition) is 0. The summed E-state index contributed by atoms with van der Waals surface area (Å²) in [6, 6.07) is 23.9. The van der Waals surface area contributed by atoms with Crippen molar-refractivity contribution in [2.75, 3.05) is 47.1 Å². The average Bonchev–Trinajstić information content (AvgIpc) is 2.96. The second kappa shape index (κ2) is 13.4. The maximum absolute atomic E-state index is 13.4. The predicted molar refractivity (Wildman–Crippen MR) is 148 cm³/mol. The van der Waals surface area contributed by atoms with Crippen molar-refractivity contribution in [2.24, 2.45) is 0 Å². The maximum atomic E-state index is 13.4. The Morgan fingerprint density at radius 3 is 2.38 bits per heavy atom. The van der Waals surface area contributed by atoms with E-state index in [4.69, 9.17) is 30.5 Å². The third kappa shape index (κ3) is 7.88. The molecule has 1 fully saturated rings. The third-order valence-corrected chi connectivity index (χ3v) is 6.75. The summed E-state index contributed by atoms with van der Waals surface area (Å²) in [4.78, 5) is 29.9. The van der Waals surface area contributed by atoms with Crippen LogP contribution in [0.2, 0.25) is 5.02 Å². The van der Waals surface area contributed by atoms with Crippen LogP contribution in [0.25, 0.3) is 0 Å². The lowest BCUT2D eigenvalue weighted by molar-refractivity contribution is -0.166. The molecule has 1 atom stereocenters. The minimum absolute atomic E-state index is 0.0427. The molecule has 1 aliphatic heterocycles. The van der Waals surface area contributed by atoms with Crippen LogP contribution in [0.4, 0.5) is 0 Å². The molecule has 39 heavy (non-hydrogen) atoms. The number of ether oxygens (including phenoxy) is 4. The summed E-state index contributed by atoms with van der Waals surface area (Å²) >= 11 is 6.01. The summed E-state index contributed by atoms with van der Waals surface area (Å²) in [5.41, 5.74) is -0.0188. The average molecular weight is 553 g/mol. The minimum atomic E-state index is -1.04. The van der Waals surface area contributed by atoms with Crippen molar-refractivity contribution >= 4 is 23.4 Å². The molecule has 0 aromatic heterocycles. The Kier molecular flexibility index (Phi) is 9.68. The number of morpholine rings is 1. The molecule has 1 heterocycles. The minimum Gasteiger partial charge on any atom is -0.493 e. The van der Waals surface area contributed by atoms with Gasteiger partial charge < -0.3 is 28.7 Å². The zero-order chi connectivity index (χ0) is 27.7. The Bertz CT molecular complexity index is 1240. The van der Waals surface area contributed by atoms with Gasteiger partial charge in [-0.1, -0.05) is 54.1 Å². The van der Waals surface area contributed by atoms with Gasteiger partial charge in [0.1, 0.15) is 18.0 Å². The van der Waals surface area contributed by atoms with Gasteiger partial charge in [-0.05, 0) is 42.0 Å². The van der Waals surface area contributed by atoms with Crippen LogP contribution in [0.5, 0.6) is 17.2 Å². The first-order chi connectivity index (χ1) is 18.9. The lowest BCUT2D eigenvalue weighted by atomic mass is 9.96. The van der Waals surface area contributed by atoms with Crippen molar-refractivity contribution in [2.45, 2.75) is 18.6 Å². The smallest absolute Gasteiger partial charge is 0.260 e. The van der Waals surface area contributed by atoms with E-state index in [1.165, 1.54) is 0 Å². The van der Waals surface area contributed by atoms with Crippen molar-refractivity contribution in [3.8, 4) is 17.2 Å². The Labute approximate surface area is 234 Å². The van der Waals surface area contributed by atoms with Gasteiger partial charge in [0.05, 0.1) is 26.7 Å². The van der Waals surface area contributed by atoms with E-state index < -0.39 is 5.60 Å². The molecular formula is C30H33ClN2O6. The molecule has 9 heteroatoms. The molecule has 2 amide bonds. The van der Waals surface area contributed by atoms with E-state index >= 15 is 0 Å². The monoisotopic (exact) mass is 552 g/mol. The highest BCUT2D eigenvalue weighted by Gasteiger charge is 2.42. The fraction of sp³-hybridized carbons (Fsp3) is 0.333. The van der Waals surface area contributed by atoms with Gasteiger partial charge in [0.25, 0.3) is 5.91 Å². The number of methoxy groups -OCH3 is 1. The predicted octanol–water partition coefficient (Wildman–Crippen LogP) is 4.45. The standard InChI is InChI=1S/C30H33ClN2O6/c1-32(19-23-8-4-3-5-9-23)28(34)18-30(22-38-25-14-12-24(31)13-15-25)21-33(16-17-39-30)29(35)20-37-27-11-7-6-10-26(27)36-2/h3-15H,16-22H2,1-2H3. The summed E-state index contributed by atoms with van der Waals surface area (Å²) in [5, 5.41) is 0.593. The van der Waals surface area contributed by atoms with E-state index in [0.29, 0.717) is 35.4 Å². The number of hydrogen-bond acceptors (Lipinski definition) is 6. The second-order valence-corrected chi connectivity index (χ2v) is 9.88. The second-order valence-electron chi connectivity index (χ2n) is 9.44. The lowest BCUT2D eigenvalue weighted by Crippen LogP contribution is -2.58. The first kappa shape index (κ1) is 28.3. The molecule has 206 valence electrons. The summed E-state index contributed by atoms with van der Waals surface area (Å²) in [7, 11) is 3.31. The number of carbonyl (C=O) groups excluding carboxylic acids is 2. The van der Waals surface area contributed by atoms with Crippen molar-refractivity contribution in [1.29, 1.82) is 0 Å². The van der Waals surface area contributed by atoms with E-state index in [1.807, 2.05) is 42.5 Å². The van der Waals surface area contributed by atoms with E-state index in [9.17, 15) is 9.59 Å². The van der Waals surface area contributed by atoms with Crippen LogP contribution < -0.4 is 14.2 Å². The molecule has 0 aliphatic carbocycles. The highest BCUT2D eigenvalue weighted by molar-refractivity contribution is 6.30. The molecule has 3 aromatic rings. The van der Waals surface area contributed by atoms with Gasteiger partial charge in [0.2, 0.25) is 5.91 Å². The highest BCUT2D eigenvalue weighted by Crippen LogP contribution is 2.28. The fourth-order valence-corrected chi connectivity index (χ4v) is 4.50. The fourth-order valence-electron chi connectivity index (χ4n) is 4.37. The number of nitrogens with zero attached hydrogens (tertiary/aromatic N) is 2. The van der Waals surface area contributed by atoms with Crippen LogP contribution >= 0.6 is 11.6 Å².